The van der Waals surface area contributed by atoms with Gasteiger partial charge in [-0.2, -0.15) is 0 Å². The molecular weight excluding hydrogens is 322 g/mol. The first-order valence-electron chi connectivity index (χ1n) is 9.04. The Hall–Kier alpha value is -1.40. The molecule has 2 N–H and O–H groups in total. The van der Waals surface area contributed by atoms with Crippen molar-refractivity contribution in [1.29, 1.82) is 0 Å². The number of piperidine rings is 1. The number of amides is 2. The van der Waals surface area contributed by atoms with E-state index >= 15 is 0 Å². The highest BCUT2D eigenvalue weighted by Gasteiger charge is 2.30. The second-order valence-corrected chi connectivity index (χ2v) is 7.75. The quantitative estimate of drug-likeness (QED) is 0.854. The summed E-state index contributed by atoms with van der Waals surface area (Å²) in [4.78, 5) is 28.8. The summed E-state index contributed by atoms with van der Waals surface area (Å²) >= 11 is 1.77. The van der Waals surface area contributed by atoms with Gasteiger partial charge in [-0.05, 0) is 55.8 Å². The molecule has 1 saturated heterocycles. The van der Waals surface area contributed by atoms with E-state index in [1.165, 1.54) is 10.4 Å². The zero-order valence-corrected chi connectivity index (χ0v) is 15.2. The van der Waals surface area contributed by atoms with Crippen LogP contribution in [-0.2, 0) is 22.6 Å². The highest BCUT2D eigenvalue weighted by atomic mass is 32.1. The van der Waals surface area contributed by atoms with Crippen molar-refractivity contribution >= 4 is 23.2 Å². The van der Waals surface area contributed by atoms with Gasteiger partial charge < -0.3 is 15.5 Å². The first kappa shape index (κ1) is 17.4. The van der Waals surface area contributed by atoms with E-state index in [4.69, 9.17) is 0 Å². The molecule has 1 aromatic rings. The SMILES string of the molecule is CCCC(NC(=O)C1CCNCC1)C(=O)N1CCc2sccc2C1. The predicted octanol–water partition coefficient (Wildman–Crippen LogP) is 1.92. The number of nitrogens with zero attached hydrogens (tertiary/aromatic N) is 1. The number of rotatable bonds is 5. The summed E-state index contributed by atoms with van der Waals surface area (Å²) in [5.41, 5.74) is 1.26. The van der Waals surface area contributed by atoms with Crippen molar-refractivity contribution in [1.82, 2.24) is 15.5 Å². The third-order valence-corrected chi connectivity index (χ3v) is 6.04. The molecule has 1 aromatic heterocycles. The van der Waals surface area contributed by atoms with E-state index in [1.54, 1.807) is 11.3 Å². The Kier molecular flexibility index (Phi) is 5.89. The molecule has 0 bridgehead atoms. The summed E-state index contributed by atoms with van der Waals surface area (Å²) in [5.74, 6) is 0.177. The second-order valence-electron chi connectivity index (χ2n) is 6.75. The molecule has 6 heteroatoms. The Morgan fingerprint density at radius 1 is 1.42 bits per heavy atom. The van der Waals surface area contributed by atoms with E-state index in [9.17, 15) is 9.59 Å². The number of nitrogens with one attached hydrogen (secondary N) is 2. The molecule has 3 heterocycles. The van der Waals surface area contributed by atoms with Gasteiger partial charge in [-0.3, -0.25) is 9.59 Å². The Bertz CT molecular complexity index is 581. The van der Waals surface area contributed by atoms with E-state index in [0.29, 0.717) is 13.0 Å². The van der Waals surface area contributed by atoms with Crippen molar-refractivity contribution in [2.75, 3.05) is 19.6 Å². The highest BCUT2D eigenvalue weighted by Crippen LogP contribution is 2.24. The molecule has 0 spiro atoms. The molecule has 0 aromatic carbocycles. The van der Waals surface area contributed by atoms with Crippen molar-refractivity contribution in [2.45, 2.75) is 51.6 Å². The van der Waals surface area contributed by atoms with Crippen LogP contribution in [0.4, 0.5) is 0 Å². The van der Waals surface area contributed by atoms with Gasteiger partial charge in [-0.1, -0.05) is 13.3 Å². The molecule has 1 atom stereocenters. The maximum Gasteiger partial charge on any atom is 0.245 e. The fourth-order valence-electron chi connectivity index (χ4n) is 3.58. The fraction of sp³-hybridized carbons (Fsp3) is 0.667. The van der Waals surface area contributed by atoms with Crippen LogP contribution in [0.15, 0.2) is 11.4 Å². The second kappa shape index (κ2) is 8.12. The molecule has 1 fully saturated rings. The van der Waals surface area contributed by atoms with Gasteiger partial charge in [0.2, 0.25) is 11.8 Å². The molecule has 5 nitrogen and oxygen atoms in total. The van der Waals surface area contributed by atoms with Gasteiger partial charge in [0.1, 0.15) is 6.04 Å². The van der Waals surface area contributed by atoms with Gasteiger partial charge in [0.15, 0.2) is 0 Å². The van der Waals surface area contributed by atoms with Crippen molar-refractivity contribution in [2.24, 2.45) is 5.92 Å². The summed E-state index contributed by atoms with van der Waals surface area (Å²) in [6.07, 6.45) is 4.25. The van der Waals surface area contributed by atoms with Crippen LogP contribution >= 0.6 is 11.3 Å². The van der Waals surface area contributed by atoms with E-state index < -0.39 is 0 Å². The van der Waals surface area contributed by atoms with Crippen molar-refractivity contribution < 1.29 is 9.59 Å². The molecule has 3 rings (SSSR count). The standard InChI is InChI=1S/C18H27N3O2S/c1-2-3-15(20-17(22)13-4-8-19-9-5-13)18(23)21-10-6-16-14(12-21)7-11-24-16/h7,11,13,15,19H,2-6,8-10,12H2,1H3,(H,20,22). The molecule has 2 aliphatic rings. The van der Waals surface area contributed by atoms with Crippen molar-refractivity contribution in [3.05, 3.63) is 21.9 Å². The maximum absolute atomic E-state index is 12.9. The third kappa shape index (κ3) is 3.98. The summed E-state index contributed by atoms with van der Waals surface area (Å²) in [6, 6.07) is 1.74. The zero-order valence-electron chi connectivity index (χ0n) is 14.3. The van der Waals surface area contributed by atoms with Crippen LogP contribution in [0.2, 0.25) is 0 Å². The molecule has 24 heavy (non-hydrogen) atoms. The zero-order chi connectivity index (χ0) is 16.9. The van der Waals surface area contributed by atoms with Gasteiger partial charge in [0, 0.05) is 23.9 Å². The number of carbonyl (C=O) groups is 2. The van der Waals surface area contributed by atoms with Gasteiger partial charge in [0.25, 0.3) is 0 Å². The lowest BCUT2D eigenvalue weighted by molar-refractivity contribution is -0.138. The number of thiophene rings is 1. The summed E-state index contributed by atoms with van der Waals surface area (Å²) < 4.78 is 0. The van der Waals surface area contributed by atoms with E-state index in [1.807, 2.05) is 4.90 Å². The van der Waals surface area contributed by atoms with Crippen LogP contribution in [0.1, 0.15) is 43.0 Å². The lowest BCUT2D eigenvalue weighted by Gasteiger charge is -2.32. The minimum absolute atomic E-state index is 0.0447. The largest absolute Gasteiger partial charge is 0.344 e. The minimum atomic E-state index is -0.377. The summed E-state index contributed by atoms with van der Waals surface area (Å²) in [7, 11) is 0. The predicted molar refractivity (Wildman–Crippen MR) is 95.9 cm³/mol. The lowest BCUT2D eigenvalue weighted by Crippen LogP contribution is -2.51. The number of fused-ring (bicyclic) bond motifs is 1. The number of hydrogen-bond acceptors (Lipinski definition) is 4. The van der Waals surface area contributed by atoms with Crippen molar-refractivity contribution in [3.63, 3.8) is 0 Å². The molecule has 2 aliphatic heterocycles. The summed E-state index contributed by atoms with van der Waals surface area (Å²) in [6.45, 7) is 5.27. The van der Waals surface area contributed by atoms with Crippen LogP contribution in [-0.4, -0.2) is 42.4 Å². The van der Waals surface area contributed by atoms with E-state index in [2.05, 4.69) is 29.0 Å². The average molecular weight is 350 g/mol. The molecule has 0 radical (unpaired) electrons. The smallest absolute Gasteiger partial charge is 0.245 e. The van der Waals surface area contributed by atoms with Crippen LogP contribution in [0.25, 0.3) is 0 Å². The van der Waals surface area contributed by atoms with Crippen LogP contribution in [0.5, 0.6) is 0 Å². The monoisotopic (exact) mass is 349 g/mol. The van der Waals surface area contributed by atoms with Gasteiger partial charge in [0.05, 0.1) is 0 Å². The average Bonchev–Trinajstić information content (AvgIpc) is 3.09. The Morgan fingerprint density at radius 3 is 2.96 bits per heavy atom. The molecule has 1 unspecified atom stereocenters. The Morgan fingerprint density at radius 2 is 2.21 bits per heavy atom. The van der Waals surface area contributed by atoms with Crippen molar-refractivity contribution in [3.8, 4) is 0 Å². The molecule has 2 amide bonds. The first-order chi connectivity index (χ1) is 11.7. The molecule has 0 aliphatic carbocycles. The Labute approximate surface area is 147 Å². The number of carbonyl (C=O) groups excluding carboxylic acids is 2. The fourth-order valence-corrected chi connectivity index (χ4v) is 4.47. The molecular formula is C18H27N3O2S. The normalized spacial score (nSPS) is 19.6. The number of hydrogen-bond donors (Lipinski definition) is 2. The van der Waals surface area contributed by atoms with Crippen LogP contribution < -0.4 is 10.6 Å². The van der Waals surface area contributed by atoms with Crippen LogP contribution in [0.3, 0.4) is 0 Å². The lowest BCUT2D eigenvalue weighted by atomic mass is 9.96. The van der Waals surface area contributed by atoms with Gasteiger partial charge >= 0.3 is 0 Å². The topological polar surface area (TPSA) is 61.4 Å². The maximum atomic E-state index is 12.9. The minimum Gasteiger partial charge on any atom is -0.344 e. The Balaban J connectivity index is 1.62. The molecule has 132 valence electrons. The first-order valence-corrected chi connectivity index (χ1v) is 9.92. The summed E-state index contributed by atoms with van der Waals surface area (Å²) in [5, 5.41) is 8.42. The third-order valence-electron chi connectivity index (χ3n) is 5.02. The van der Waals surface area contributed by atoms with E-state index in [-0.39, 0.29) is 23.8 Å². The van der Waals surface area contributed by atoms with Gasteiger partial charge in [-0.15, -0.1) is 11.3 Å². The van der Waals surface area contributed by atoms with E-state index in [0.717, 1.165) is 45.3 Å². The van der Waals surface area contributed by atoms with Gasteiger partial charge in [-0.25, -0.2) is 0 Å². The molecule has 0 saturated carbocycles. The highest BCUT2D eigenvalue weighted by molar-refractivity contribution is 7.10. The van der Waals surface area contributed by atoms with Crippen LogP contribution in [0, 0.1) is 5.92 Å².